The molecule has 1 saturated heterocycles. The molecule has 7 N–H and O–H groups in total. The molecule has 0 amide bonds. The van der Waals surface area contributed by atoms with E-state index in [0.29, 0.717) is 5.56 Å². The molecule has 1 fully saturated rings. The van der Waals surface area contributed by atoms with Gasteiger partial charge in [-0.15, -0.1) is 0 Å². The number of aromatic hydroxyl groups is 1. The number of benzene rings is 1. The Morgan fingerprint density at radius 2 is 1.97 bits per heavy atom. The minimum atomic E-state index is -1.35. The largest absolute Gasteiger partial charge is 0.508 e. The number of rotatable bonds is 5. The van der Waals surface area contributed by atoms with E-state index in [1.807, 2.05) is 0 Å². The second kappa shape index (κ2) is 7.60. The lowest BCUT2D eigenvalue weighted by atomic mass is 10.1. The molecule has 0 saturated carbocycles. The molecular weight excluding hydrogens is 382 g/mol. The molecule has 0 radical (unpaired) electrons. The molecule has 2 aromatic heterocycles. The van der Waals surface area contributed by atoms with E-state index in [4.69, 9.17) is 10.5 Å². The Kier molecular flexibility index (Phi) is 4.98. The van der Waals surface area contributed by atoms with Gasteiger partial charge >= 0.3 is 0 Å². The summed E-state index contributed by atoms with van der Waals surface area (Å²) in [6.07, 6.45) is -1.97. The third-order valence-corrected chi connectivity index (χ3v) is 4.55. The van der Waals surface area contributed by atoms with Crippen LogP contribution in [-0.4, -0.2) is 71.1 Å². The quantitative estimate of drug-likeness (QED) is 0.233. The second-order valence-corrected chi connectivity index (χ2v) is 6.43. The van der Waals surface area contributed by atoms with Crippen molar-refractivity contribution in [2.75, 3.05) is 17.8 Å². The molecular formula is C17H19N7O5. The highest BCUT2D eigenvalue weighted by Crippen LogP contribution is 2.35. The first kappa shape index (κ1) is 19.0. The molecule has 0 aliphatic carbocycles. The van der Waals surface area contributed by atoms with Crippen molar-refractivity contribution in [1.29, 1.82) is 0 Å². The molecule has 152 valence electrons. The van der Waals surface area contributed by atoms with Gasteiger partial charge < -0.3 is 30.9 Å². The van der Waals surface area contributed by atoms with Crippen LogP contribution in [0.15, 0.2) is 35.7 Å². The Hall–Kier alpha value is -3.32. The summed E-state index contributed by atoms with van der Waals surface area (Å²) in [6, 6.07) is 6.37. The number of hydrogen-bond acceptors (Lipinski definition) is 11. The molecule has 0 bridgehead atoms. The van der Waals surface area contributed by atoms with Crippen LogP contribution in [0.4, 0.5) is 11.8 Å². The van der Waals surface area contributed by atoms with Crippen LogP contribution >= 0.6 is 0 Å². The second-order valence-electron chi connectivity index (χ2n) is 6.43. The molecule has 12 nitrogen and oxygen atoms in total. The van der Waals surface area contributed by atoms with Gasteiger partial charge in [-0.2, -0.15) is 5.10 Å². The number of hydrogen-bond donors (Lipinski definition) is 6. The van der Waals surface area contributed by atoms with Gasteiger partial charge in [-0.3, -0.25) is 4.57 Å². The highest BCUT2D eigenvalue weighted by atomic mass is 16.6. The highest BCUT2D eigenvalue weighted by molar-refractivity contribution is 5.84. The van der Waals surface area contributed by atoms with Crippen LogP contribution in [0.2, 0.25) is 0 Å². The summed E-state index contributed by atoms with van der Waals surface area (Å²) in [5.41, 5.74) is 9.84. The summed E-state index contributed by atoms with van der Waals surface area (Å²) < 4.78 is 6.99. The fourth-order valence-electron chi connectivity index (χ4n) is 3.06. The molecule has 12 heteroatoms. The van der Waals surface area contributed by atoms with E-state index in [1.165, 1.54) is 29.2 Å². The maximum Gasteiger partial charge on any atom is 0.228 e. The number of fused-ring (bicyclic) bond motifs is 1. The van der Waals surface area contributed by atoms with E-state index in [9.17, 15) is 20.4 Å². The fraction of sp³-hybridized carbons (Fsp3) is 0.294. The molecule has 4 atom stereocenters. The van der Waals surface area contributed by atoms with Gasteiger partial charge in [0, 0.05) is 0 Å². The predicted molar refractivity (Wildman–Crippen MR) is 102 cm³/mol. The van der Waals surface area contributed by atoms with Gasteiger partial charge in [0.25, 0.3) is 0 Å². The van der Waals surface area contributed by atoms with E-state index < -0.39 is 31.1 Å². The molecule has 4 rings (SSSR count). The topological polar surface area (TPSA) is 184 Å². The van der Waals surface area contributed by atoms with Crippen LogP contribution in [0, 0.1) is 0 Å². The summed E-state index contributed by atoms with van der Waals surface area (Å²) in [6.45, 7) is -0.472. The van der Waals surface area contributed by atoms with Crippen molar-refractivity contribution in [3.63, 3.8) is 0 Å². The first-order valence-corrected chi connectivity index (χ1v) is 8.68. The van der Waals surface area contributed by atoms with Gasteiger partial charge in [0.15, 0.2) is 23.2 Å². The lowest BCUT2D eigenvalue weighted by Crippen LogP contribution is -2.33. The zero-order valence-electron chi connectivity index (χ0n) is 15.0. The molecule has 3 aromatic rings. The number of nitrogens with two attached hydrogens (primary N) is 1. The molecule has 0 unspecified atom stereocenters. The molecule has 1 aliphatic heterocycles. The number of phenolic OH excluding ortho intramolecular Hbond substituents is 1. The summed E-state index contributed by atoms with van der Waals surface area (Å²) in [5.74, 6) is 0.387. The number of hydrazone groups is 1. The van der Waals surface area contributed by atoms with Crippen LogP contribution in [0.5, 0.6) is 5.75 Å². The number of nitrogen functional groups attached to an aromatic ring is 1. The fourth-order valence-corrected chi connectivity index (χ4v) is 3.06. The van der Waals surface area contributed by atoms with Gasteiger partial charge in [0.05, 0.1) is 12.8 Å². The van der Waals surface area contributed by atoms with E-state index in [-0.39, 0.29) is 28.7 Å². The normalized spacial score (nSPS) is 24.5. The van der Waals surface area contributed by atoms with Gasteiger partial charge in [-0.1, -0.05) is 0 Å². The number of ether oxygens (including phenoxy) is 1. The third-order valence-electron chi connectivity index (χ3n) is 4.55. The van der Waals surface area contributed by atoms with Gasteiger partial charge in [0.2, 0.25) is 5.95 Å². The highest BCUT2D eigenvalue weighted by Gasteiger charge is 2.45. The first-order chi connectivity index (χ1) is 14.0. The first-order valence-electron chi connectivity index (χ1n) is 8.68. The van der Waals surface area contributed by atoms with Crippen LogP contribution in [0.25, 0.3) is 11.2 Å². The van der Waals surface area contributed by atoms with Crippen LogP contribution in [0.3, 0.4) is 0 Å². The van der Waals surface area contributed by atoms with Crippen molar-refractivity contribution in [3.8, 4) is 5.75 Å². The van der Waals surface area contributed by atoms with Crippen LogP contribution in [-0.2, 0) is 4.74 Å². The lowest BCUT2D eigenvalue weighted by Gasteiger charge is -2.18. The van der Waals surface area contributed by atoms with E-state index in [0.717, 1.165) is 0 Å². The summed E-state index contributed by atoms with van der Waals surface area (Å²) in [5, 5.41) is 43.3. The van der Waals surface area contributed by atoms with Crippen LogP contribution < -0.4 is 11.2 Å². The average Bonchev–Trinajstić information content (AvgIpc) is 3.22. The van der Waals surface area contributed by atoms with Crippen molar-refractivity contribution in [3.05, 3.63) is 36.2 Å². The van der Waals surface area contributed by atoms with E-state index in [2.05, 4.69) is 25.5 Å². The van der Waals surface area contributed by atoms with Gasteiger partial charge in [0.1, 0.15) is 30.4 Å². The monoisotopic (exact) mass is 401 g/mol. The Bertz CT molecular complexity index is 1040. The maximum atomic E-state index is 10.4. The summed E-state index contributed by atoms with van der Waals surface area (Å²) >= 11 is 0. The number of nitrogens with one attached hydrogen (secondary N) is 1. The molecule has 29 heavy (non-hydrogen) atoms. The Labute approximate surface area is 163 Å². The van der Waals surface area contributed by atoms with Crippen molar-refractivity contribution in [2.24, 2.45) is 5.10 Å². The van der Waals surface area contributed by atoms with Gasteiger partial charge in [-0.25, -0.2) is 20.4 Å². The minimum absolute atomic E-state index is 0.117. The molecule has 1 aromatic carbocycles. The number of aliphatic hydroxyl groups is 3. The molecule has 1 aliphatic rings. The Balaban J connectivity index is 1.71. The predicted octanol–water partition coefficient (Wildman–Crippen LogP) is -0.828. The zero-order chi connectivity index (χ0) is 20.5. The maximum absolute atomic E-state index is 10.4. The number of imidazole rings is 1. The smallest absolute Gasteiger partial charge is 0.228 e. The number of nitrogens with zero attached hydrogens (tertiary/aromatic N) is 5. The number of aromatic nitrogens is 4. The SMILES string of the molecule is Nc1ncnc2c1nc(NN=Cc1ccc(O)cc1)n2[C@H]1O[C@@H](CO)[C@@H](O)[C@@H]1O. The Morgan fingerprint density at radius 1 is 1.21 bits per heavy atom. The molecule has 0 spiro atoms. The summed E-state index contributed by atoms with van der Waals surface area (Å²) in [4.78, 5) is 12.4. The average molecular weight is 401 g/mol. The Morgan fingerprint density at radius 3 is 2.66 bits per heavy atom. The number of anilines is 2. The van der Waals surface area contributed by atoms with Gasteiger partial charge in [-0.05, 0) is 29.8 Å². The number of phenols is 1. The standard InChI is InChI=1S/C17H19N7O5/c18-14-11-15(20-7-19-14)24(16-13(28)12(27)10(6-25)29-16)17(22-11)23-21-5-8-1-3-9(26)4-2-8/h1-5,7,10,12-13,16,25-28H,6H2,(H,22,23)(H2,18,19,20)/t10-,12+,13-,16-/m0/s1. The van der Waals surface area contributed by atoms with Crippen molar-refractivity contribution < 1.29 is 25.2 Å². The third kappa shape index (κ3) is 3.45. The number of aliphatic hydroxyl groups excluding tert-OH is 3. The minimum Gasteiger partial charge on any atom is -0.508 e. The van der Waals surface area contributed by atoms with Crippen molar-refractivity contribution >= 4 is 29.1 Å². The lowest BCUT2D eigenvalue weighted by molar-refractivity contribution is -0.0501. The summed E-state index contributed by atoms with van der Waals surface area (Å²) in [7, 11) is 0. The molecule has 3 heterocycles. The van der Waals surface area contributed by atoms with Crippen molar-refractivity contribution in [1.82, 2.24) is 19.5 Å². The van der Waals surface area contributed by atoms with E-state index in [1.54, 1.807) is 12.1 Å². The van der Waals surface area contributed by atoms with E-state index >= 15 is 0 Å². The van der Waals surface area contributed by atoms with Crippen LogP contribution in [0.1, 0.15) is 11.8 Å². The zero-order valence-corrected chi connectivity index (χ0v) is 15.0. The van der Waals surface area contributed by atoms with Crippen molar-refractivity contribution in [2.45, 2.75) is 24.5 Å².